The topological polar surface area (TPSA) is 79.7 Å². The number of unbranched alkanes of at least 4 members (excludes halogenated alkanes) is 1. The number of hydrogen-bond acceptors (Lipinski definition) is 4. The molecule has 0 radical (unpaired) electrons. The van der Waals surface area contributed by atoms with E-state index in [0.717, 1.165) is 22.3 Å². The van der Waals surface area contributed by atoms with Crippen molar-refractivity contribution < 1.29 is 19.7 Å². The van der Waals surface area contributed by atoms with Crippen molar-refractivity contribution in [2.75, 3.05) is 13.2 Å². The van der Waals surface area contributed by atoms with Gasteiger partial charge in [-0.2, -0.15) is 0 Å². The molecule has 5 nitrogen and oxygen atoms in total. The van der Waals surface area contributed by atoms with Gasteiger partial charge >= 0.3 is 5.97 Å². The lowest BCUT2D eigenvalue weighted by Crippen LogP contribution is -2.19. The average molecular weight is 352 g/mol. The normalized spacial score (nSPS) is 11.4. The Morgan fingerprint density at radius 2 is 2.12 bits per heavy atom. The summed E-state index contributed by atoms with van der Waals surface area (Å²) in [5, 5.41) is 19.0. The van der Waals surface area contributed by atoms with Gasteiger partial charge in [-0.05, 0) is 43.5 Å². The van der Waals surface area contributed by atoms with Crippen molar-refractivity contribution >= 4 is 28.5 Å². The summed E-state index contributed by atoms with van der Waals surface area (Å²) in [4.78, 5) is 14.3. The molecule has 1 aromatic carbocycles. The van der Waals surface area contributed by atoms with Crippen LogP contribution in [0.4, 0.5) is 0 Å². The SMILES string of the molecule is C=CCOCCCCC(O)C(=O)O.Clc1cccc2ncccc12. The van der Waals surface area contributed by atoms with Crippen molar-refractivity contribution in [2.45, 2.75) is 25.4 Å². The van der Waals surface area contributed by atoms with Gasteiger partial charge in [0.2, 0.25) is 0 Å². The maximum absolute atomic E-state index is 10.2. The second-order valence-corrected chi connectivity index (χ2v) is 5.43. The molecule has 130 valence electrons. The van der Waals surface area contributed by atoms with Crippen molar-refractivity contribution in [3.05, 3.63) is 54.2 Å². The van der Waals surface area contributed by atoms with Crippen LogP contribution >= 0.6 is 11.6 Å². The summed E-state index contributed by atoms with van der Waals surface area (Å²) in [6.45, 7) is 4.58. The minimum atomic E-state index is -1.24. The monoisotopic (exact) mass is 351 g/mol. The van der Waals surface area contributed by atoms with Crippen molar-refractivity contribution in [3.8, 4) is 0 Å². The van der Waals surface area contributed by atoms with Gasteiger partial charge in [0.05, 0.1) is 12.1 Å². The first-order chi connectivity index (χ1) is 11.6. The minimum absolute atomic E-state index is 0.285. The molecule has 1 unspecified atom stereocenters. The second-order valence-electron chi connectivity index (χ2n) is 5.02. The number of nitrogens with zero attached hydrogens (tertiary/aromatic N) is 1. The van der Waals surface area contributed by atoms with Gasteiger partial charge in [0.25, 0.3) is 0 Å². The number of aliphatic hydroxyl groups excluding tert-OH is 1. The third kappa shape index (κ3) is 7.55. The highest BCUT2D eigenvalue weighted by molar-refractivity contribution is 6.35. The van der Waals surface area contributed by atoms with Crippen LogP contribution in [0.15, 0.2) is 49.2 Å². The van der Waals surface area contributed by atoms with E-state index in [2.05, 4.69) is 11.6 Å². The second kappa shape index (κ2) is 11.6. The van der Waals surface area contributed by atoms with Crippen molar-refractivity contribution in [1.29, 1.82) is 0 Å². The van der Waals surface area contributed by atoms with E-state index in [4.69, 9.17) is 26.6 Å². The molecule has 1 atom stereocenters. The lowest BCUT2D eigenvalue weighted by Gasteiger charge is -2.04. The van der Waals surface area contributed by atoms with Crippen molar-refractivity contribution in [1.82, 2.24) is 4.98 Å². The van der Waals surface area contributed by atoms with Crippen LogP contribution in [0, 0.1) is 0 Å². The highest BCUT2D eigenvalue weighted by atomic mass is 35.5. The molecule has 0 aliphatic carbocycles. The summed E-state index contributed by atoms with van der Waals surface area (Å²) in [7, 11) is 0. The van der Waals surface area contributed by atoms with E-state index in [1.807, 2.05) is 30.3 Å². The predicted molar refractivity (Wildman–Crippen MR) is 95.3 cm³/mol. The molecule has 1 aromatic heterocycles. The molecule has 0 fully saturated rings. The highest BCUT2D eigenvalue weighted by Crippen LogP contribution is 2.20. The molecule has 6 heteroatoms. The van der Waals surface area contributed by atoms with E-state index in [1.165, 1.54) is 0 Å². The molecule has 0 saturated carbocycles. The molecule has 0 aliphatic heterocycles. The van der Waals surface area contributed by atoms with Gasteiger partial charge in [-0.1, -0.05) is 23.7 Å². The van der Waals surface area contributed by atoms with Gasteiger partial charge in [0.15, 0.2) is 6.10 Å². The third-order valence-electron chi connectivity index (χ3n) is 3.13. The standard InChI is InChI=1S/C9H6ClN.C9H16O4/c10-8-4-1-5-9-7(8)3-2-6-11-9;1-2-6-13-7-4-3-5-8(10)9(11)12/h1-6H;2,8,10H,1,3-7H2,(H,11,12). The Bertz CT molecular complexity index is 642. The Hall–Kier alpha value is -1.95. The molecule has 0 bridgehead atoms. The van der Waals surface area contributed by atoms with Gasteiger partial charge in [0.1, 0.15) is 0 Å². The summed E-state index contributed by atoms with van der Waals surface area (Å²) in [6.07, 6.45) is 3.89. The number of aliphatic hydroxyl groups is 1. The number of aromatic nitrogens is 1. The first-order valence-corrected chi connectivity index (χ1v) is 8.02. The molecular formula is C18H22ClNO4. The Balaban J connectivity index is 0.000000242. The molecule has 2 N–H and O–H groups in total. The molecule has 0 amide bonds. The first-order valence-electron chi connectivity index (χ1n) is 7.65. The lowest BCUT2D eigenvalue weighted by molar-refractivity contribution is -0.147. The van der Waals surface area contributed by atoms with Crippen LogP contribution in [0.1, 0.15) is 19.3 Å². The van der Waals surface area contributed by atoms with Gasteiger partial charge in [0, 0.05) is 23.2 Å². The number of pyridine rings is 1. The summed E-state index contributed by atoms with van der Waals surface area (Å²) in [6, 6.07) is 9.56. The average Bonchev–Trinajstić information content (AvgIpc) is 2.59. The maximum Gasteiger partial charge on any atom is 0.332 e. The maximum atomic E-state index is 10.2. The molecule has 24 heavy (non-hydrogen) atoms. The zero-order valence-corrected chi connectivity index (χ0v) is 14.2. The van der Waals surface area contributed by atoms with Crippen LogP contribution in [0.25, 0.3) is 10.9 Å². The van der Waals surface area contributed by atoms with E-state index in [0.29, 0.717) is 19.6 Å². The van der Waals surface area contributed by atoms with Crippen LogP contribution in [-0.2, 0) is 9.53 Å². The number of carbonyl (C=O) groups is 1. The summed E-state index contributed by atoms with van der Waals surface area (Å²) < 4.78 is 5.08. The van der Waals surface area contributed by atoms with E-state index >= 15 is 0 Å². The molecule has 0 spiro atoms. The fraction of sp³-hybridized carbons (Fsp3) is 0.333. The van der Waals surface area contributed by atoms with Gasteiger partial charge < -0.3 is 14.9 Å². The zero-order chi connectivity index (χ0) is 17.8. The van der Waals surface area contributed by atoms with Crippen molar-refractivity contribution in [3.63, 3.8) is 0 Å². The van der Waals surface area contributed by atoms with Crippen LogP contribution in [0.5, 0.6) is 0 Å². The Labute approximate surface area is 146 Å². The first kappa shape index (κ1) is 20.1. The summed E-state index contributed by atoms with van der Waals surface area (Å²) >= 11 is 5.92. The van der Waals surface area contributed by atoms with Crippen LogP contribution in [-0.4, -0.2) is 40.5 Å². The lowest BCUT2D eigenvalue weighted by atomic mass is 10.1. The Morgan fingerprint density at radius 3 is 2.79 bits per heavy atom. The Morgan fingerprint density at radius 1 is 1.33 bits per heavy atom. The van der Waals surface area contributed by atoms with Crippen LogP contribution in [0.2, 0.25) is 5.02 Å². The molecule has 0 saturated heterocycles. The predicted octanol–water partition coefficient (Wildman–Crippen LogP) is 3.69. The minimum Gasteiger partial charge on any atom is -0.479 e. The number of carboxylic acid groups (broad SMARTS) is 1. The smallest absolute Gasteiger partial charge is 0.332 e. The zero-order valence-electron chi connectivity index (χ0n) is 13.4. The van der Waals surface area contributed by atoms with Gasteiger partial charge in [-0.3, -0.25) is 4.98 Å². The number of hydrogen-bond donors (Lipinski definition) is 2. The molecular weight excluding hydrogens is 330 g/mol. The number of carboxylic acids is 1. The summed E-state index contributed by atoms with van der Waals surface area (Å²) in [5.41, 5.74) is 0.944. The number of halogens is 1. The van der Waals surface area contributed by atoms with E-state index in [1.54, 1.807) is 12.3 Å². The fourth-order valence-corrected chi connectivity index (χ4v) is 2.13. The molecule has 2 rings (SSSR count). The highest BCUT2D eigenvalue weighted by Gasteiger charge is 2.11. The van der Waals surface area contributed by atoms with Crippen LogP contribution in [0.3, 0.4) is 0 Å². The van der Waals surface area contributed by atoms with Gasteiger partial charge in [-0.15, -0.1) is 6.58 Å². The summed E-state index contributed by atoms with van der Waals surface area (Å²) in [5.74, 6) is -1.16. The van der Waals surface area contributed by atoms with E-state index in [9.17, 15) is 4.79 Å². The molecule has 2 aromatic rings. The van der Waals surface area contributed by atoms with E-state index < -0.39 is 12.1 Å². The van der Waals surface area contributed by atoms with E-state index in [-0.39, 0.29) is 6.42 Å². The van der Waals surface area contributed by atoms with Gasteiger partial charge in [-0.25, -0.2) is 4.79 Å². The van der Waals surface area contributed by atoms with Crippen LogP contribution < -0.4 is 0 Å². The number of aliphatic carboxylic acids is 1. The fourth-order valence-electron chi connectivity index (χ4n) is 1.90. The number of fused-ring (bicyclic) bond motifs is 1. The number of rotatable bonds is 8. The number of ether oxygens (including phenoxy) is 1. The molecule has 1 heterocycles. The quantitative estimate of drug-likeness (QED) is 0.560. The Kier molecular flexibility index (Phi) is 9.68. The third-order valence-corrected chi connectivity index (χ3v) is 3.46. The molecule has 0 aliphatic rings. The number of benzene rings is 1. The van der Waals surface area contributed by atoms with Crippen molar-refractivity contribution in [2.24, 2.45) is 0 Å². The largest absolute Gasteiger partial charge is 0.479 e.